The van der Waals surface area contributed by atoms with Gasteiger partial charge >= 0.3 is 0 Å². The average molecular weight is 521 g/mol. The maximum absolute atomic E-state index is 12.7. The van der Waals surface area contributed by atoms with Crippen molar-refractivity contribution in [2.75, 3.05) is 0 Å². The van der Waals surface area contributed by atoms with E-state index in [2.05, 4.69) is 27.7 Å². The average Bonchev–Trinajstić information content (AvgIpc) is 2.85. The van der Waals surface area contributed by atoms with E-state index < -0.39 is 16.1 Å². The Bertz CT molecular complexity index is 809. The van der Waals surface area contributed by atoms with Gasteiger partial charge in [0.25, 0.3) is 0 Å². The molecular formula is C29H46O4P2. The Labute approximate surface area is 215 Å². The molecule has 0 fully saturated rings. The van der Waals surface area contributed by atoms with Crippen molar-refractivity contribution in [2.45, 2.75) is 109 Å². The molecule has 0 saturated heterocycles. The van der Waals surface area contributed by atoms with Crippen LogP contribution in [0.2, 0.25) is 0 Å². The van der Waals surface area contributed by atoms with Crippen molar-refractivity contribution in [2.24, 2.45) is 0 Å². The fourth-order valence-corrected chi connectivity index (χ4v) is 6.20. The van der Waals surface area contributed by atoms with Crippen molar-refractivity contribution < 1.29 is 18.2 Å². The maximum atomic E-state index is 12.7. The van der Waals surface area contributed by atoms with Crippen molar-refractivity contribution in [3.63, 3.8) is 0 Å². The first-order valence-electron chi connectivity index (χ1n) is 13.1. The molecule has 0 bridgehead atoms. The van der Waals surface area contributed by atoms with Gasteiger partial charge in [0.1, 0.15) is 0 Å². The van der Waals surface area contributed by atoms with Crippen LogP contribution in [0.25, 0.3) is 0 Å². The fraction of sp³-hybridized carbons (Fsp3) is 0.586. The molecule has 6 heteroatoms. The number of benzene rings is 2. The normalized spacial score (nSPS) is 14.1. The Morgan fingerprint density at radius 2 is 0.857 bits per heavy atom. The zero-order valence-corrected chi connectivity index (χ0v) is 24.2. The first kappa shape index (κ1) is 30.0. The molecule has 2 aromatic rings. The van der Waals surface area contributed by atoms with Gasteiger partial charge in [0, 0.05) is 10.3 Å². The summed E-state index contributed by atoms with van der Waals surface area (Å²) < 4.78 is 36.7. The van der Waals surface area contributed by atoms with Gasteiger partial charge in [0.2, 0.25) is 0 Å². The predicted octanol–water partition coefficient (Wildman–Crippen LogP) is 9.44. The Morgan fingerprint density at radius 1 is 0.543 bits per heavy atom. The van der Waals surface area contributed by atoms with Crippen LogP contribution in [0.3, 0.4) is 0 Å². The first-order valence-corrected chi connectivity index (χ1v) is 15.8. The van der Waals surface area contributed by atoms with E-state index in [4.69, 9.17) is 9.05 Å². The molecule has 0 aliphatic heterocycles. The molecule has 0 amide bonds. The van der Waals surface area contributed by atoms with Gasteiger partial charge in [-0.25, -0.2) is 0 Å². The third-order valence-corrected chi connectivity index (χ3v) is 10.2. The highest BCUT2D eigenvalue weighted by Gasteiger charge is 2.27. The topological polar surface area (TPSA) is 52.6 Å². The monoisotopic (exact) mass is 520 g/mol. The van der Waals surface area contributed by atoms with Crippen LogP contribution in [0.1, 0.15) is 96.6 Å². The van der Waals surface area contributed by atoms with Crippen LogP contribution in [0, 0.1) is 0 Å². The lowest BCUT2D eigenvalue weighted by Crippen LogP contribution is -2.15. The van der Waals surface area contributed by atoms with E-state index in [1.807, 2.05) is 60.7 Å². The molecule has 2 atom stereocenters. The van der Waals surface area contributed by atoms with Crippen LogP contribution >= 0.6 is 16.1 Å². The van der Waals surface area contributed by atoms with Gasteiger partial charge in [-0.1, -0.05) is 133 Å². The quantitative estimate of drug-likeness (QED) is 0.145. The number of rotatable bonds is 18. The lowest BCUT2D eigenvalue weighted by molar-refractivity contribution is 0.299. The van der Waals surface area contributed by atoms with Crippen LogP contribution in [0.4, 0.5) is 0 Å². The van der Waals surface area contributed by atoms with E-state index in [-0.39, 0.29) is 10.3 Å². The van der Waals surface area contributed by atoms with E-state index in [0.29, 0.717) is 13.2 Å². The van der Waals surface area contributed by atoms with Gasteiger partial charge in [-0.2, -0.15) is 0 Å². The van der Waals surface area contributed by atoms with Gasteiger partial charge in [-0.3, -0.25) is 9.13 Å². The fourth-order valence-electron chi connectivity index (χ4n) is 4.06. The second-order valence-electron chi connectivity index (χ2n) is 10.9. The molecule has 35 heavy (non-hydrogen) atoms. The van der Waals surface area contributed by atoms with Gasteiger partial charge in [0.15, 0.2) is 16.1 Å². The molecule has 0 saturated carbocycles. The Hall–Kier alpha value is -1.18. The molecular weight excluding hydrogens is 474 g/mol. The third kappa shape index (κ3) is 12.1. The van der Waals surface area contributed by atoms with Crippen LogP contribution in [-0.2, 0) is 31.4 Å². The van der Waals surface area contributed by atoms with Crippen molar-refractivity contribution in [1.29, 1.82) is 0 Å². The molecule has 2 rings (SSSR count). The van der Waals surface area contributed by atoms with E-state index in [9.17, 15) is 9.13 Å². The van der Waals surface area contributed by atoms with Crippen molar-refractivity contribution in [3.05, 3.63) is 71.8 Å². The summed E-state index contributed by atoms with van der Waals surface area (Å²) in [7, 11) is -4.18. The summed E-state index contributed by atoms with van der Waals surface area (Å²) in [5, 5.41) is -0.517. The molecule has 2 aromatic carbocycles. The van der Waals surface area contributed by atoms with Crippen molar-refractivity contribution >= 4 is 16.1 Å². The lowest BCUT2D eigenvalue weighted by atomic mass is 10.0. The highest BCUT2D eigenvalue weighted by atomic mass is 31.1. The van der Waals surface area contributed by atoms with Crippen LogP contribution in [0.15, 0.2) is 60.7 Å². The standard InChI is InChI=1S/C29H46O4P2/c1-28(2,34(30)32-24-26-18-12-10-13-19-26)22-16-8-6-5-7-9-17-23-29(3,4)35(31)33-25-27-20-14-11-15-21-27/h10-15,18-21,34-35H,5-9,16-17,22-25H2,1-4H3. The van der Waals surface area contributed by atoms with E-state index in [1.165, 1.54) is 32.1 Å². The molecule has 2 unspecified atom stereocenters. The van der Waals surface area contributed by atoms with Gasteiger partial charge in [0.05, 0.1) is 13.2 Å². The summed E-state index contributed by atoms with van der Waals surface area (Å²) in [6.45, 7) is 9.11. The lowest BCUT2D eigenvalue weighted by Gasteiger charge is -2.24. The summed E-state index contributed by atoms with van der Waals surface area (Å²) in [6.07, 6.45) is 10.0. The molecule has 0 aromatic heterocycles. The minimum absolute atomic E-state index is 0.259. The number of hydrogen-bond donors (Lipinski definition) is 0. The van der Waals surface area contributed by atoms with Gasteiger partial charge < -0.3 is 9.05 Å². The molecule has 0 heterocycles. The molecule has 0 radical (unpaired) electrons. The number of unbranched alkanes of at least 4 members (excludes halogenated alkanes) is 6. The zero-order valence-electron chi connectivity index (χ0n) is 22.2. The summed E-state index contributed by atoms with van der Waals surface area (Å²) in [5.41, 5.74) is 2.13. The molecule has 0 aliphatic carbocycles. The summed E-state index contributed by atoms with van der Waals surface area (Å²) >= 11 is 0. The second-order valence-corrected chi connectivity index (χ2v) is 15.3. The minimum Gasteiger partial charge on any atom is -0.325 e. The maximum Gasteiger partial charge on any atom is 0.197 e. The first-order chi connectivity index (χ1) is 16.7. The van der Waals surface area contributed by atoms with E-state index in [1.54, 1.807) is 0 Å². The molecule has 4 nitrogen and oxygen atoms in total. The molecule has 0 aliphatic rings. The van der Waals surface area contributed by atoms with Gasteiger partial charge in [-0.15, -0.1) is 0 Å². The SMILES string of the molecule is CC(C)(CCCCCCCCCC(C)(C)[PH](=O)OCc1ccccc1)[PH](=O)OCc1ccccc1. The Balaban J connectivity index is 1.50. The van der Waals surface area contributed by atoms with Crippen molar-refractivity contribution in [1.82, 2.24) is 0 Å². The van der Waals surface area contributed by atoms with Gasteiger partial charge in [-0.05, 0) is 24.0 Å². The number of hydrogen-bond acceptors (Lipinski definition) is 4. The van der Waals surface area contributed by atoms with Crippen molar-refractivity contribution in [3.8, 4) is 0 Å². The van der Waals surface area contributed by atoms with Crippen LogP contribution in [0.5, 0.6) is 0 Å². The summed E-state index contributed by atoms with van der Waals surface area (Å²) in [6, 6.07) is 19.9. The second kappa shape index (κ2) is 15.8. The smallest absolute Gasteiger partial charge is 0.197 e. The summed E-state index contributed by atoms with van der Waals surface area (Å²) in [5.74, 6) is 0. The minimum atomic E-state index is -2.09. The largest absolute Gasteiger partial charge is 0.325 e. The highest BCUT2D eigenvalue weighted by Crippen LogP contribution is 2.45. The molecule has 0 N–H and O–H groups in total. The predicted molar refractivity (Wildman–Crippen MR) is 150 cm³/mol. The third-order valence-electron chi connectivity index (χ3n) is 6.63. The summed E-state index contributed by atoms with van der Waals surface area (Å²) in [4.78, 5) is 0. The Kier molecular flexibility index (Phi) is 13.6. The van der Waals surface area contributed by atoms with E-state index >= 15 is 0 Å². The van der Waals surface area contributed by atoms with E-state index in [0.717, 1.165) is 36.8 Å². The highest BCUT2D eigenvalue weighted by molar-refractivity contribution is 7.41. The van der Waals surface area contributed by atoms with Crippen LogP contribution < -0.4 is 0 Å². The van der Waals surface area contributed by atoms with Crippen LogP contribution in [-0.4, -0.2) is 10.3 Å². The zero-order chi connectivity index (χ0) is 25.6. The Morgan fingerprint density at radius 3 is 1.20 bits per heavy atom. The molecule has 0 spiro atoms. The molecule has 196 valence electrons.